The quantitative estimate of drug-likeness (QED) is 0.163. The average molecular weight is 592 g/mol. The molecule has 1 aliphatic heterocycles. The summed E-state index contributed by atoms with van der Waals surface area (Å²) in [5.41, 5.74) is 5.34. The Morgan fingerprint density at radius 2 is 1.98 bits per heavy atom. The van der Waals surface area contributed by atoms with E-state index in [9.17, 15) is 13.5 Å². The summed E-state index contributed by atoms with van der Waals surface area (Å²) in [5, 5.41) is 19.3. The van der Waals surface area contributed by atoms with Crippen LogP contribution in [0.5, 0.6) is 0 Å². The van der Waals surface area contributed by atoms with Gasteiger partial charge >= 0.3 is 0 Å². The number of sulfonamides is 1. The van der Waals surface area contributed by atoms with Crippen LogP contribution in [0.2, 0.25) is 0 Å². The SMILES string of the molecule is CCCCCc1csc(N(c2ccc(CCNCC(O)c3cccnc3)cc2)S(=O)(=O)c2ccc3c(c2)CCN3)n1. The number of fused-ring (bicyclic) bond motifs is 1. The molecule has 0 aliphatic carbocycles. The third-order valence-electron chi connectivity index (χ3n) is 7.24. The summed E-state index contributed by atoms with van der Waals surface area (Å²) in [6.45, 7) is 4.08. The summed E-state index contributed by atoms with van der Waals surface area (Å²) in [7, 11) is -3.90. The number of anilines is 3. The molecule has 4 aromatic rings. The van der Waals surface area contributed by atoms with Gasteiger partial charge in [0.05, 0.1) is 22.4 Å². The Hall–Kier alpha value is -3.31. The van der Waals surface area contributed by atoms with Crippen molar-refractivity contribution in [2.24, 2.45) is 0 Å². The first-order valence-electron chi connectivity index (χ1n) is 14.2. The van der Waals surface area contributed by atoms with Gasteiger partial charge in [0.25, 0.3) is 10.0 Å². The van der Waals surface area contributed by atoms with Crippen LogP contribution < -0.4 is 14.9 Å². The fourth-order valence-corrected chi connectivity index (χ4v) is 7.51. The number of hydrogen-bond donors (Lipinski definition) is 3. The lowest BCUT2D eigenvalue weighted by Gasteiger charge is -2.22. The minimum atomic E-state index is -3.90. The molecule has 1 aliphatic rings. The highest BCUT2D eigenvalue weighted by Gasteiger charge is 2.30. The Kier molecular flexibility index (Phi) is 9.66. The number of rotatable bonds is 14. The average Bonchev–Trinajstić information content (AvgIpc) is 3.66. The molecule has 0 saturated heterocycles. The molecular weight excluding hydrogens is 555 g/mol. The topological polar surface area (TPSA) is 107 Å². The lowest BCUT2D eigenvalue weighted by molar-refractivity contribution is 0.174. The van der Waals surface area contributed by atoms with Crippen LogP contribution in [0.1, 0.15) is 54.7 Å². The number of aliphatic hydroxyl groups excluding tert-OH is 1. The number of unbranched alkanes of at least 4 members (excludes halogenated alkanes) is 2. The van der Waals surface area contributed by atoms with E-state index in [0.29, 0.717) is 23.9 Å². The zero-order valence-corrected chi connectivity index (χ0v) is 24.9. The fourth-order valence-electron chi connectivity index (χ4n) is 4.92. The Balaban J connectivity index is 1.32. The minimum Gasteiger partial charge on any atom is -0.387 e. The second kappa shape index (κ2) is 13.6. The van der Waals surface area contributed by atoms with E-state index in [1.54, 1.807) is 24.5 Å². The smallest absolute Gasteiger partial charge is 0.270 e. The summed E-state index contributed by atoms with van der Waals surface area (Å²) >= 11 is 1.36. The number of nitrogens with one attached hydrogen (secondary N) is 2. The summed E-state index contributed by atoms with van der Waals surface area (Å²) < 4.78 is 29.6. The van der Waals surface area contributed by atoms with E-state index in [1.165, 1.54) is 15.6 Å². The van der Waals surface area contributed by atoms with Gasteiger partial charge in [0.15, 0.2) is 0 Å². The second-order valence-electron chi connectivity index (χ2n) is 10.3. The molecule has 0 saturated carbocycles. The van der Waals surface area contributed by atoms with E-state index >= 15 is 0 Å². The molecule has 5 rings (SSSR count). The first-order valence-corrected chi connectivity index (χ1v) is 16.5. The summed E-state index contributed by atoms with van der Waals surface area (Å²) in [5.74, 6) is 0. The Morgan fingerprint density at radius 3 is 2.76 bits per heavy atom. The molecule has 0 radical (unpaired) electrons. The first-order chi connectivity index (χ1) is 20.0. The van der Waals surface area contributed by atoms with Crippen molar-refractivity contribution in [2.45, 2.75) is 56.4 Å². The number of aromatic nitrogens is 2. The van der Waals surface area contributed by atoms with Gasteiger partial charge in [-0.1, -0.05) is 38.0 Å². The molecule has 2 aromatic heterocycles. The van der Waals surface area contributed by atoms with Gasteiger partial charge in [-0.25, -0.2) is 17.7 Å². The first kappa shape index (κ1) is 29.2. The molecular formula is C31H37N5O3S2. The van der Waals surface area contributed by atoms with Crippen LogP contribution in [0.4, 0.5) is 16.5 Å². The molecule has 41 heavy (non-hydrogen) atoms. The molecule has 1 unspecified atom stereocenters. The summed E-state index contributed by atoms with van der Waals surface area (Å²) in [6, 6.07) is 16.6. The predicted octanol–water partition coefficient (Wildman–Crippen LogP) is 5.63. The second-order valence-corrected chi connectivity index (χ2v) is 12.9. The zero-order chi connectivity index (χ0) is 28.7. The molecule has 0 amide bonds. The third-order valence-corrected chi connectivity index (χ3v) is 9.95. The standard InChI is InChI=1S/C31H37N5O3S2/c1-2-3-4-7-26-22-40-31(35-26)36(41(38,39)28-12-13-29-24(19-28)15-18-34-29)27-10-8-23(9-11-27)14-17-33-21-30(37)25-6-5-16-32-20-25/h5-6,8-13,16,19-20,22,30,33-34,37H,2-4,7,14-15,17-18,21H2,1H3. The minimum absolute atomic E-state index is 0.267. The van der Waals surface area contributed by atoms with Crippen LogP contribution >= 0.6 is 11.3 Å². The molecule has 1 atom stereocenters. The number of pyridine rings is 1. The highest BCUT2D eigenvalue weighted by Crippen LogP contribution is 2.36. The molecule has 2 aromatic carbocycles. The Bertz CT molecular complexity index is 1530. The third kappa shape index (κ3) is 7.13. The molecule has 0 fully saturated rings. The van der Waals surface area contributed by atoms with Gasteiger partial charge in [-0.05, 0) is 79.8 Å². The van der Waals surface area contributed by atoms with E-state index in [-0.39, 0.29) is 4.90 Å². The maximum atomic E-state index is 14.1. The zero-order valence-electron chi connectivity index (χ0n) is 23.3. The van der Waals surface area contributed by atoms with Gasteiger partial charge < -0.3 is 15.7 Å². The number of benzene rings is 2. The van der Waals surface area contributed by atoms with Crippen molar-refractivity contribution in [2.75, 3.05) is 29.3 Å². The fraction of sp³-hybridized carbons (Fsp3) is 0.355. The van der Waals surface area contributed by atoms with Crippen molar-refractivity contribution in [3.8, 4) is 0 Å². The number of aliphatic hydroxyl groups is 1. The van der Waals surface area contributed by atoms with E-state index in [2.05, 4.69) is 22.5 Å². The summed E-state index contributed by atoms with van der Waals surface area (Å²) in [6.07, 6.45) is 8.39. The molecule has 3 N–H and O–H groups in total. The van der Waals surface area contributed by atoms with Crippen LogP contribution in [0.3, 0.4) is 0 Å². The molecule has 216 valence electrons. The van der Waals surface area contributed by atoms with Crippen molar-refractivity contribution >= 4 is 37.9 Å². The van der Waals surface area contributed by atoms with Crippen molar-refractivity contribution in [3.05, 3.63) is 94.8 Å². The maximum absolute atomic E-state index is 14.1. The van der Waals surface area contributed by atoms with Gasteiger partial charge in [-0.15, -0.1) is 11.3 Å². The number of thiazole rings is 1. The highest BCUT2D eigenvalue weighted by molar-refractivity contribution is 7.93. The largest absolute Gasteiger partial charge is 0.387 e. The summed E-state index contributed by atoms with van der Waals surface area (Å²) in [4.78, 5) is 9.08. The van der Waals surface area contributed by atoms with Gasteiger partial charge in [-0.3, -0.25) is 4.98 Å². The van der Waals surface area contributed by atoms with E-state index in [1.807, 2.05) is 47.8 Å². The number of hydrogen-bond acceptors (Lipinski definition) is 8. The van der Waals surface area contributed by atoms with E-state index < -0.39 is 16.1 Å². The van der Waals surface area contributed by atoms with Crippen molar-refractivity contribution < 1.29 is 13.5 Å². The maximum Gasteiger partial charge on any atom is 0.270 e. The normalized spacial score (nSPS) is 13.5. The van der Waals surface area contributed by atoms with Crippen molar-refractivity contribution in [1.82, 2.24) is 15.3 Å². The molecule has 3 heterocycles. The molecule has 0 spiro atoms. The van der Waals surface area contributed by atoms with Crippen LogP contribution in [0.15, 0.2) is 77.3 Å². The van der Waals surface area contributed by atoms with Gasteiger partial charge in [0.1, 0.15) is 0 Å². The monoisotopic (exact) mass is 591 g/mol. The van der Waals surface area contributed by atoms with E-state index in [0.717, 1.165) is 73.1 Å². The highest BCUT2D eigenvalue weighted by atomic mass is 32.2. The number of nitrogens with zero attached hydrogens (tertiary/aromatic N) is 3. The van der Waals surface area contributed by atoms with E-state index in [4.69, 9.17) is 4.98 Å². The molecule has 10 heteroatoms. The Morgan fingerprint density at radius 1 is 1.12 bits per heavy atom. The van der Waals surface area contributed by atoms with Crippen LogP contribution in [-0.4, -0.2) is 43.1 Å². The lowest BCUT2D eigenvalue weighted by atomic mass is 10.1. The van der Waals surface area contributed by atoms with Crippen LogP contribution in [-0.2, 0) is 29.3 Å². The van der Waals surface area contributed by atoms with Crippen LogP contribution in [0.25, 0.3) is 0 Å². The number of aryl methyl sites for hydroxylation is 1. The lowest BCUT2D eigenvalue weighted by Crippen LogP contribution is -2.26. The van der Waals surface area contributed by atoms with Gasteiger partial charge in [-0.2, -0.15) is 0 Å². The van der Waals surface area contributed by atoms with Crippen LogP contribution in [0, 0.1) is 0 Å². The predicted molar refractivity (Wildman–Crippen MR) is 166 cm³/mol. The van der Waals surface area contributed by atoms with Gasteiger partial charge in [0, 0.05) is 42.1 Å². The van der Waals surface area contributed by atoms with Crippen molar-refractivity contribution in [3.63, 3.8) is 0 Å². The van der Waals surface area contributed by atoms with Crippen molar-refractivity contribution in [1.29, 1.82) is 0 Å². The Labute approximate surface area is 246 Å². The molecule has 8 nitrogen and oxygen atoms in total. The molecule has 0 bridgehead atoms. The van der Waals surface area contributed by atoms with Gasteiger partial charge in [0.2, 0.25) is 5.13 Å².